The molecule has 114 valence electrons. The van der Waals surface area contributed by atoms with E-state index in [1.54, 1.807) is 28.5 Å². The zero-order chi connectivity index (χ0) is 15.7. The Bertz CT molecular complexity index is 846. The second-order valence-corrected chi connectivity index (χ2v) is 6.93. The van der Waals surface area contributed by atoms with Crippen LogP contribution in [0.3, 0.4) is 0 Å². The fourth-order valence-corrected chi connectivity index (χ4v) is 3.72. The zero-order valence-corrected chi connectivity index (χ0v) is 13.8. The number of aromatic nitrogens is 3. The van der Waals surface area contributed by atoms with Gasteiger partial charge in [0.1, 0.15) is 5.82 Å². The van der Waals surface area contributed by atoms with Gasteiger partial charge in [0.15, 0.2) is 5.16 Å². The molecule has 0 unspecified atom stereocenters. The number of nitrogens with zero attached hydrogens (tertiary/aromatic N) is 4. The average molecular weight is 333 g/mol. The molecule has 0 atom stereocenters. The van der Waals surface area contributed by atoms with E-state index in [0.717, 1.165) is 10.9 Å². The molecule has 0 aliphatic carbocycles. The third-order valence-corrected chi connectivity index (χ3v) is 5.13. The van der Waals surface area contributed by atoms with Crippen molar-refractivity contribution in [2.45, 2.75) is 19.0 Å². The number of hydrogen-bond acceptors (Lipinski definition) is 7. The van der Waals surface area contributed by atoms with Gasteiger partial charge in [0.05, 0.1) is 11.3 Å². The third kappa shape index (κ3) is 2.84. The lowest BCUT2D eigenvalue weighted by Gasteiger charge is -2.07. The summed E-state index contributed by atoms with van der Waals surface area (Å²) in [7, 11) is 0. The zero-order valence-electron chi connectivity index (χ0n) is 12.2. The van der Waals surface area contributed by atoms with Crippen LogP contribution in [0.5, 0.6) is 0 Å². The molecule has 6 nitrogen and oxygen atoms in total. The Morgan fingerprint density at radius 3 is 3.00 bits per heavy atom. The van der Waals surface area contributed by atoms with Crippen LogP contribution < -0.4 is 11.3 Å². The summed E-state index contributed by atoms with van der Waals surface area (Å²) in [6.07, 6.45) is 6.95. The summed E-state index contributed by atoms with van der Waals surface area (Å²) in [6.45, 7) is 4.29. The summed E-state index contributed by atoms with van der Waals surface area (Å²) in [6, 6.07) is 0. The van der Waals surface area contributed by atoms with Crippen LogP contribution in [0.15, 0.2) is 32.8 Å². The Kier molecular flexibility index (Phi) is 4.12. The number of allylic oxidation sites excluding steroid dienone is 2. The number of anilines is 1. The molecule has 1 aliphatic heterocycles. The van der Waals surface area contributed by atoms with Gasteiger partial charge in [0.2, 0.25) is 4.96 Å². The second-order valence-electron chi connectivity index (χ2n) is 5.21. The number of nitrogens with two attached hydrogens (primary N) is 1. The van der Waals surface area contributed by atoms with Gasteiger partial charge in [-0.25, -0.2) is 4.40 Å². The molecule has 2 N–H and O–H groups in total. The smallest absolute Gasteiger partial charge is 0.283 e. The molecule has 8 heteroatoms. The van der Waals surface area contributed by atoms with Crippen LogP contribution in [0, 0.1) is 5.92 Å². The Morgan fingerprint density at radius 2 is 2.32 bits per heavy atom. The first-order valence-corrected chi connectivity index (χ1v) is 8.55. The number of rotatable bonds is 4. The molecule has 2 aromatic rings. The van der Waals surface area contributed by atoms with Crippen molar-refractivity contribution < 1.29 is 0 Å². The van der Waals surface area contributed by atoms with E-state index >= 15 is 0 Å². The van der Waals surface area contributed by atoms with Gasteiger partial charge in [0.25, 0.3) is 5.56 Å². The molecule has 0 aromatic carbocycles. The van der Waals surface area contributed by atoms with Gasteiger partial charge in [-0.05, 0) is 24.1 Å². The number of thioether (sulfide) groups is 1. The molecule has 1 aliphatic rings. The third-order valence-electron chi connectivity index (χ3n) is 2.95. The summed E-state index contributed by atoms with van der Waals surface area (Å²) in [5, 5.41) is 0.767. The van der Waals surface area contributed by atoms with Crippen LogP contribution in [0.2, 0.25) is 0 Å². The summed E-state index contributed by atoms with van der Waals surface area (Å²) >= 11 is 2.79. The Balaban J connectivity index is 2.11. The first-order chi connectivity index (χ1) is 10.6. The van der Waals surface area contributed by atoms with Gasteiger partial charge in [-0.15, -0.1) is 0 Å². The van der Waals surface area contributed by atoms with Gasteiger partial charge in [-0.2, -0.15) is 9.36 Å². The first-order valence-electron chi connectivity index (χ1n) is 6.79. The minimum atomic E-state index is -0.357. The normalized spacial score (nSPS) is 15.7. The van der Waals surface area contributed by atoms with Crippen LogP contribution in [-0.4, -0.2) is 25.7 Å². The fourth-order valence-electron chi connectivity index (χ4n) is 1.91. The number of fused-ring (bicyclic) bond motifs is 1. The number of nitrogen functional groups attached to an aromatic ring is 1. The highest BCUT2D eigenvalue weighted by Crippen LogP contribution is 2.26. The molecule has 0 bridgehead atoms. The van der Waals surface area contributed by atoms with Crippen molar-refractivity contribution in [3.63, 3.8) is 0 Å². The lowest BCUT2D eigenvalue weighted by atomic mass is 10.2. The van der Waals surface area contributed by atoms with Crippen LogP contribution >= 0.6 is 23.3 Å². The molecule has 22 heavy (non-hydrogen) atoms. The van der Waals surface area contributed by atoms with E-state index in [1.165, 1.54) is 11.5 Å². The highest BCUT2D eigenvalue weighted by atomic mass is 32.2. The van der Waals surface area contributed by atoms with Gasteiger partial charge in [0, 0.05) is 23.5 Å². The summed E-state index contributed by atoms with van der Waals surface area (Å²) in [4.78, 5) is 20.9. The van der Waals surface area contributed by atoms with Crippen molar-refractivity contribution in [3.05, 3.63) is 33.8 Å². The van der Waals surface area contributed by atoms with E-state index in [2.05, 4.69) is 28.2 Å². The first kappa shape index (κ1) is 15.0. The molecule has 0 radical (unpaired) electrons. The molecule has 3 rings (SSSR count). The van der Waals surface area contributed by atoms with E-state index in [-0.39, 0.29) is 5.56 Å². The molecule has 3 heterocycles. The maximum absolute atomic E-state index is 12.2. The summed E-state index contributed by atoms with van der Waals surface area (Å²) in [5.41, 5.74) is 6.88. The summed E-state index contributed by atoms with van der Waals surface area (Å²) < 4.78 is 6.11. The quantitative estimate of drug-likeness (QED) is 0.869. The van der Waals surface area contributed by atoms with Crippen molar-refractivity contribution in [2.75, 3.05) is 11.5 Å². The second kappa shape index (κ2) is 6.05. The molecule has 2 aromatic heterocycles. The minimum absolute atomic E-state index is 0.350. The predicted octanol–water partition coefficient (Wildman–Crippen LogP) is 2.46. The average Bonchev–Trinajstić information content (AvgIpc) is 3.10. The maximum atomic E-state index is 12.2. The van der Waals surface area contributed by atoms with Crippen LogP contribution in [0.4, 0.5) is 5.82 Å². The molecule has 0 saturated heterocycles. The van der Waals surface area contributed by atoms with Gasteiger partial charge >= 0.3 is 0 Å². The lowest BCUT2D eigenvalue weighted by Crippen LogP contribution is -2.16. The minimum Gasteiger partial charge on any atom is -0.384 e. The molecule has 0 amide bonds. The Morgan fingerprint density at radius 1 is 1.50 bits per heavy atom. The fraction of sp³-hybridized carbons (Fsp3) is 0.286. The monoisotopic (exact) mass is 333 g/mol. The molecular weight excluding hydrogens is 318 g/mol. The highest BCUT2D eigenvalue weighted by molar-refractivity contribution is 7.99. The van der Waals surface area contributed by atoms with E-state index < -0.39 is 0 Å². The largest absolute Gasteiger partial charge is 0.384 e. The highest BCUT2D eigenvalue weighted by Gasteiger charge is 2.16. The van der Waals surface area contributed by atoms with Crippen LogP contribution in [0.1, 0.15) is 19.4 Å². The maximum Gasteiger partial charge on any atom is 0.283 e. The van der Waals surface area contributed by atoms with Crippen LogP contribution in [-0.2, 0) is 0 Å². The van der Waals surface area contributed by atoms with Crippen LogP contribution in [0.25, 0.3) is 11.0 Å². The van der Waals surface area contributed by atoms with Crippen molar-refractivity contribution >= 4 is 46.4 Å². The predicted molar refractivity (Wildman–Crippen MR) is 92.7 cm³/mol. The molecule has 0 fully saturated rings. The van der Waals surface area contributed by atoms with E-state index in [9.17, 15) is 4.79 Å². The topological polar surface area (TPSA) is 85.6 Å². The Hall–Kier alpha value is -1.93. The van der Waals surface area contributed by atoms with Gasteiger partial charge in [-0.3, -0.25) is 9.79 Å². The van der Waals surface area contributed by atoms with E-state index in [0.29, 0.717) is 28.0 Å². The van der Waals surface area contributed by atoms with Crippen molar-refractivity contribution in [3.8, 4) is 0 Å². The number of aliphatic imine (C=N–C) groups is 1. The summed E-state index contributed by atoms with van der Waals surface area (Å²) in [5.74, 6) is 1.82. The van der Waals surface area contributed by atoms with Gasteiger partial charge < -0.3 is 5.73 Å². The van der Waals surface area contributed by atoms with Crippen molar-refractivity contribution in [1.82, 2.24) is 13.8 Å². The van der Waals surface area contributed by atoms with Crippen molar-refractivity contribution in [1.29, 1.82) is 0 Å². The van der Waals surface area contributed by atoms with E-state index in [4.69, 9.17) is 5.73 Å². The standard InChI is InChI=1S/C14H15N5OS2/c1-8(2)7-21-14-18-22-13-17-12(20)10(11(15)19(13)14)6-9-4-3-5-16-9/h3-6,8H,7,15H2,1-2H3/b9-6+. The molecule has 0 saturated carbocycles. The van der Waals surface area contributed by atoms with E-state index in [1.807, 2.05) is 12.2 Å². The number of hydrogen-bond donors (Lipinski definition) is 1. The molecule has 0 spiro atoms. The molecular formula is C14H15N5OS2. The van der Waals surface area contributed by atoms with Gasteiger partial charge in [-0.1, -0.05) is 25.6 Å². The SMILES string of the molecule is CC(C)CSc1nsc2nc(=O)c(/C=C3\C=CC=N3)c(N)n12. The van der Waals surface area contributed by atoms with Crippen molar-refractivity contribution in [2.24, 2.45) is 10.9 Å². The Labute approximate surface area is 135 Å². The lowest BCUT2D eigenvalue weighted by molar-refractivity contribution is 0.747.